The second kappa shape index (κ2) is 4.85. The first-order valence-electron chi connectivity index (χ1n) is 3.35. The fourth-order valence-electron chi connectivity index (χ4n) is 0.626. The van der Waals surface area contributed by atoms with Crippen LogP contribution in [0.1, 0.15) is 6.92 Å². The SMILES string of the molecule is COC(=O)[C@H](C)N(C)CC=O. The first-order valence-corrected chi connectivity index (χ1v) is 3.35. The van der Waals surface area contributed by atoms with E-state index in [2.05, 4.69) is 4.74 Å². The summed E-state index contributed by atoms with van der Waals surface area (Å²) in [4.78, 5) is 22.5. The summed E-state index contributed by atoms with van der Waals surface area (Å²) in [7, 11) is 3.02. The highest BCUT2D eigenvalue weighted by atomic mass is 16.5. The molecular formula is C7H13NO3. The van der Waals surface area contributed by atoms with E-state index in [1.165, 1.54) is 7.11 Å². The maximum absolute atomic E-state index is 10.8. The zero-order valence-corrected chi connectivity index (χ0v) is 7.03. The summed E-state index contributed by atoms with van der Waals surface area (Å²) in [6, 6.07) is -0.356. The van der Waals surface area contributed by atoms with Gasteiger partial charge in [0.1, 0.15) is 12.3 Å². The topological polar surface area (TPSA) is 46.6 Å². The molecule has 0 saturated carbocycles. The first kappa shape index (κ1) is 10.1. The van der Waals surface area contributed by atoms with Crippen molar-refractivity contribution >= 4 is 12.3 Å². The van der Waals surface area contributed by atoms with Crippen molar-refractivity contribution in [3.63, 3.8) is 0 Å². The lowest BCUT2D eigenvalue weighted by molar-refractivity contribution is -0.145. The van der Waals surface area contributed by atoms with E-state index < -0.39 is 0 Å². The zero-order valence-electron chi connectivity index (χ0n) is 7.03. The van der Waals surface area contributed by atoms with Crippen LogP contribution < -0.4 is 0 Å². The minimum atomic E-state index is -0.356. The van der Waals surface area contributed by atoms with E-state index in [0.717, 1.165) is 6.29 Å². The normalized spacial score (nSPS) is 12.7. The molecule has 0 aliphatic carbocycles. The van der Waals surface area contributed by atoms with E-state index >= 15 is 0 Å². The van der Waals surface area contributed by atoms with Crippen LogP contribution in [0, 0.1) is 0 Å². The number of esters is 1. The van der Waals surface area contributed by atoms with Crippen molar-refractivity contribution in [2.75, 3.05) is 20.7 Å². The Labute approximate surface area is 66.1 Å². The van der Waals surface area contributed by atoms with E-state index in [1.54, 1.807) is 18.9 Å². The van der Waals surface area contributed by atoms with Gasteiger partial charge >= 0.3 is 5.97 Å². The third-order valence-corrected chi connectivity index (χ3v) is 1.57. The Morgan fingerprint density at radius 1 is 1.73 bits per heavy atom. The Hall–Kier alpha value is -0.900. The van der Waals surface area contributed by atoms with Crippen LogP contribution in [0.5, 0.6) is 0 Å². The lowest BCUT2D eigenvalue weighted by atomic mass is 10.3. The Bertz CT molecular complexity index is 147. The van der Waals surface area contributed by atoms with Crippen molar-refractivity contribution in [2.24, 2.45) is 0 Å². The van der Waals surface area contributed by atoms with Crippen LogP contribution in [0.15, 0.2) is 0 Å². The summed E-state index contributed by atoms with van der Waals surface area (Å²) in [5.41, 5.74) is 0. The van der Waals surface area contributed by atoms with E-state index in [9.17, 15) is 9.59 Å². The quantitative estimate of drug-likeness (QED) is 0.416. The lowest BCUT2D eigenvalue weighted by Gasteiger charge is -2.19. The summed E-state index contributed by atoms with van der Waals surface area (Å²) < 4.78 is 4.48. The number of ether oxygens (including phenoxy) is 1. The molecule has 0 aromatic rings. The third kappa shape index (κ3) is 3.13. The fraction of sp³-hybridized carbons (Fsp3) is 0.714. The molecule has 0 aromatic carbocycles. The largest absolute Gasteiger partial charge is 0.468 e. The van der Waals surface area contributed by atoms with Gasteiger partial charge in [0.2, 0.25) is 0 Å². The number of hydrogen-bond acceptors (Lipinski definition) is 4. The van der Waals surface area contributed by atoms with Gasteiger partial charge in [-0.15, -0.1) is 0 Å². The van der Waals surface area contributed by atoms with Gasteiger partial charge in [0.15, 0.2) is 0 Å². The predicted octanol–water partition coefficient (Wildman–Crippen LogP) is -0.321. The second-order valence-electron chi connectivity index (χ2n) is 2.31. The monoisotopic (exact) mass is 159 g/mol. The Morgan fingerprint density at radius 2 is 2.27 bits per heavy atom. The highest BCUT2D eigenvalue weighted by Gasteiger charge is 2.17. The van der Waals surface area contributed by atoms with Gasteiger partial charge in [-0.2, -0.15) is 0 Å². The van der Waals surface area contributed by atoms with E-state index in [0.29, 0.717) is 0 Å². The van der Waals surface area contributed by atoms with Crippen molar-refractivity contribution in [2.45, 2.75) is 13.0 Å². The van der Waals surface area contributed by atoms with Gasteiger partial charge in [-0.25, -0.2) is 0 Å². The van der Waals surface area contributed by atoms with E-state index in [4.69, 9.17) is 0 Å². The van der Waals surface area contributed by atoms with E-state index in [1.807, 2.05) is 0 Å². The third-order valence-electron chi connectivity index (χ3n) is 1.57. The molecule has 0 bridgehead atoms. The van der Waals surface area contributed by atoms with Gasteiger partial charge in [-0.1, -0.05) is 0 Å². The van der Waals surface area contributed by atoms with Crippen LogP contribution in [-0.4, -0.2) is 43.9 Å². The lowest BCUT2D eigenvalue weighted by Crippen LogP contribution is -2.37. The van der Waals surface area contributed by atoms with Crippen molar-refractivity contribution in [1.82, 2.24) is 4.90 Å². The number of rotatable bonds is 4. The summed E-state index contributed by atoms with van der Waals surface area (Å²) in [5, 5.41) is 0. The summed E-state index contributed by atoms with van der Waals surface area (Å²) >= 11 is 0. The molecule has 0 fully saturated rings. The van der Waals surface area contributed by atoms with Gasteiger partial charge in [0.05, 0.1) is 13.7 Å². The molecule has 0 heterocycles. The molecule has 0 saturated heterocycles. The van der Waals surface area contributed by atoms with Crippen LogP contribution in [0.25, 0.3) is 0 Å². The molecule has 1 atom stereocenters. The number of likely N-dealkylation sites (N-methyl/N-ethyl adjacent to an activating group) is 1. The van der Waals surface area contributed by atoms with E-state index in [-0.39, 0.29) is 18.6 Å². The summed E-state index contributed by atoms with van der Waals surface area (Å²) in [6.45, 7) is 1.94. The number of aldehydes is 1. The standard InChI is InChI=1S/C7H13NO3/c1-6(7(10)11-3)8(2)4-5-9/h5-6H,4H2,1-3H3/t6-/m0/s1. The maximum atomic E-state index is 10.8. The van der Waals surface area contributed by atoms with Crippen molar-refractivity contribution < 1.29 is 14.3 Å². The summed E-state index contributed by atoms with van der Waals surface area (Å²) in [5.74, 6) is -0.325. The fourth-order valence-corrected chi connectivity index (χ4v) is 0.626. The molecule has 0 aliphatic rings. The molecule has 4 nitrogen and oxygen atoms in total. The molecule has 0 N–H and O–H groups in total. The molecule has 0 amide bonds. The van der Waals surface area contributed by atoms with Gasteiger partial charge < -0.3 is 9.53 Å². The molecule has 0 rings (SSSR count). The molecule has 0 spiro atoms. The Kier molecular flexibility index (Phi) is 4.45. The molecule has 0 aliphatic heterocycles. The number of methoxy groups -OCH3 is 1. The number of hydrogen-bond donors (Lipinski definition) is 0. The van der Waals surface area contributed by atoms with Crippen LogP contribution in [0.2, 0.25) is 0 Å². The molecule has 0 unspecified atom stereocenters. The van der Waals surface area contributed by atoms with Crippen LogP contribution in [0.3, 0.4) is 0 Å². The first-order chi connectivity index (χ1) is 5.13. The number of nitrogens with zero attached hydrogens (tertiary/aromatic N) is 1. The number of carbonyl (C=O) groups excluding carboxylic acids is 2. The minimum absolute atomic E-state index is 0.246. The second-order valence-corrected chi connectivity index (χ2v) is 2.31. The molecule has 0 radical (unpaired) electrons. The average Bonchev–Trinajstić information content (AvgIpc) is 2.02. The van der Waals surface area contributed by atoms with Gasteiger partial charge in [-0.05, 0) is 14.0 Å². The maximum Gasteiger partial charge on any atom is 0.322 e. The van der Waals surface area contributed by atoms with Crippen molar-refractivity contribution in [3.05, 3.63) is 0 Å². The average molecular weight is 159 g/mol. The van der Waals surface area contributed by atoms with Crippen LogP contribution >= 0.6 is 0 Å². The van der Waals surface area contributed by atoms with Gasteiger partial charge in [0, 0.05) is 0 Å². The smallest absolute Gasteiger partial charge is 0.322 e. The number of carbonyl (C=O) groups is 2. The highest BCUT2D eigenvalue weighted by Crippen LogP contribution is 1.95. The highest BCUT2D eigenvalue weighted by molar-refractivity contribution is 5.75. The van der Waals surface area contributed by atoms with Crippen molar-refractivity contribution in [3.8, 4) is 0 Å². The molecule has 11 heavy (non-hydrogen) atoms. The van der Waals surface area contributed by atoms with Crippen molar-refractivity contribution in [1.29, 1.82) is 0 Å². The molecular weight excluding hydrogens is 146 g/mol. The van der Waals surface area contributed by atoms with Crippen LogP contribution in [-0.2, 0) is 14.3 Å². The van der Waals surface area contributed by atoms with Gasteiger partial charge in [-0.3, -0.25) is 9.69 Å². The molecule has 0 aromatic heterocycles. The molecule has 64 valence electrons. The minimum Gasteiger partial charge on any atom is -0.468 e. The zero-order chi connectivity index (χ0) is 8.85. The Morgan fingerprint density at radius 3 is 2.64 bits per heavy atom. The predicted molar refractivity (Wildman–Crippen MR) is 40.2 cm³/mol. The Balaban J connectivity index is 3.89. The van der Waals surface area contributed by atoms with Crippen LogP contribution in [0.4, 0.5) is 0 Å². The summed E-state index contributed by atoms with van der Waals surface area (Å²) in [6.07, 6.45) is 0.749. The molecule has 4 heteroatoms. The van der Waals surface area contributed by atoms with Gasteiger partial charge in [0.25, 0.3) is 0 Å².